The Morgan fingerprint density at radius 1 is 1.48 bits per heavy atom. The summed E-state index contributed by atoms with van der Waals surface area (Å²) < 4.78 is 26.1. The molecule has 0 radical (unpaired) electrons. The fourth-order valence-corrected chi connectivity index (χ4v) is 2.41. The number of carboxylic acid groups (broad SMARTS) is 1. The molecule has 1 aromatic rings. The fourth-order valence-electron chi connectivity index (χ4n) is 2.41. The maximum Gasteiger partial charge on any atom is 0.326 e. The average molecular weight is 301 g/mol. The summed E-state index contributed by atoms with van der Waals surface area (Å²) in [5, 5.41) is 11.6. The number of carboxylic acids is 1. The Morgan fingerprint density at radius 3 is 2.67 bits per heavy atom. The standard InChI is InChI=1S/C13H17F2N3O3/c14-13(15)3-1-8(2-4-13)11(19)18-10(12(20)21)5-9-6-16-7-17-9/h6-8,10H,1-5H2,(H,16,17)(H,18,19)(H,20,21)/t10-/m0/s1. The molecule has 21 heavy (non-hydrogen) atoms. The molecule has 1 aliphatic rings. The van der Waals surface area contributed by atoms with Crippen molar-refractivity contribution in [3.05, 3.63) is 18.2 Å². The largest absolute Gasteiger partial charge is 0.480 e. The van der Waals surface area contributed by atoms with Crippen molar-refractivity contribution >= 4 is 11.9 Å². The normalized spacial score (nSPS) is 19.9. The first-order chi connectivity index (χ1) is 9.87. The maximum atomic E-state index is 13.0. The number of rotatable bonds is 5. The summed E-state index contributed by atoms with van der Waals surface area (Å²) in [5.41, 5.74) is 0.581. The lowest BCUT2D eigenvalue weighted by molar-refractivity contribution is -0.143. The second kappa shape index (κ2) is 6.19. The Balaban J connectivity index is 1.91. The minimum atomic E-state index is -2.71. The van der Waals surface area contributed by atoms with Gasteiger partial charge in [-0.2, -0.15) is 0 Å². The zero-order valence-corrected chi connectivity index (χ0v) is 11.3. The van der Waals surface area contributed by atoms with Crippen LogP contribution >= 0.6 is 0 Å². The van der Waals surface area contributed by atoms with Gasteiger partial charge in [0.05, 0.1) is 6.33 Å². The van der Waals surface area contributed by atoms with Crippen LogP contribution in [0.3, 0.4) is 0 Å². The molecule has 8 heteroatoms. The highest BCUT2D eigenvalue weighted by molar-refractivity contribution is 5.85. The monoisotopic (exact) mass is 301 g/mol. The number of alkyl halides is 2. The van der Waals surface area contributed by atoms with Crippen LogP contribution in [0.25, 0.3) is 0 Å². The Kier molecular flexibility index (Phi) is 4.54. The van der Waals surface area contributed by atoms with Crippen molar-refractivity contribution < 1.29 is 23.5 Å². The van der Waals surface area contributed by atoms with Gasteiger partial charge in [0, 0.05) is 37.1 Å². The van der Waals surface area contributed by atoms with Gasteiger partial charge < -0.3 is 15.4 Å². The molecule has 0 unspecified atom stereocenters. The summed E-state index contributed by atoms with van der Waals surface area (Å²) in [4.78, 5) is 29.7. The second-order valence-corrected chi connectivity index (χ2v) is 5.31. The topological polar surface area (TPSA) is 95.1 Å². The number of hydrogen-bond donors (Lipinski definition) is 3. The van der Waals surface area contributed by atoms with E-state index in [-0.39, 0.29) is 32.1 Å². The third-order valence-electron chi connectivity index (χ3n) is 3.68. The summed E-state index contributed by atoms with van der Waals surface area (Å²) in [6.07, 6.45) is 2.46. The highest BCUT2D eigenvalue weighted by Crippen LogP contribution is 2.36. The molecule has 0 aliphatic heterocycles. The molecule has 1 saturated carbocycles. The van der Waals surface area contributed by atoms with Crippen LogP contribution < -0.4 is 5.32 Å². The molecular formula is C13H17F2N3O3. The van der Waals surface area contributed by atoms with Crippen LogP contribution in [-0.4, -0.2) is 38.9 Å². The van der Waals surface area contributed by atoms with Crippen molar-refractivity contribution in [2.45, 2.75) is 44.1 Å². The van der Waals surface area contributed by atoms with Crippen molar-refractivity contribution in [1.29, 1.82) is 0 Å². The van der Waals surface area contributed by atoms with Gasteiger partial charge in [-0.25, -0.2) is 18.6 Å². The van der Waals surface area contributed by atoms with Crippen molar-refractivity contribution in [2.24, 2.45) is 5.92 Å². The van der Waals surface area contributed by atoms with Gasteiger partial charge in [0.25, 0.3) is 0 Å². The smallest absolute Gasteiger partial charge is 0.326 e. The number of halogens is 2. The lowest BCUT2D eigenvalue weighted by Crippen LogP contribution is -2.46. The summed E-state index contributed by atoms with van der Waals surface area (Å²) in [7, 11) is 0. The molecule has 1 amide bonds. The SMILES string of the molecule is O=C(N[C@@H](Cc1cnc[nH]1)C(=O)O)C1CCC(F)(F)CC1. The number of nitrogens with zero attached hydrogens (tertiary/aromatic N) is 1. The number of aromatic nitrogens is 2. The van der Waals surface area contributed by atoms with Gasteiger partial charge in [-0.1, -0.05) is 0 Å². The van der Waals surface area contributed by atoms with Crippen molar-refractivity contribution in [3.8, 4) is 0 Å². The number of H-pyrrole nitrogens is 1. The van der Waals surface area contributed by atoms with Gasteiger partial charge in [0.1, 0.15) is 6.04 Å². The third-order valence-corrected chi connectivity index (χ3v) is 3.68. The predicted molar refractivity (Wildman–Crippen MR) is 68.8 cm³/mol. The number of hydrogen-bond acceptors (Lipinski definition) is 3. The summed E-state index contributed by atoms with van der Waals surface area (Å²) in [6, 6.07) is -1.10. The number of carbonyl (C=O) groups excluding carboxylic acids is 1. The van der Waals surface area contributed by atoms with Gasteiger partial charge in [0.2, 0.25) is 11.8 Å². The van der Waals surface area contributed by atoms with Gasteiger partial charge in [-0.05, 0) is 12.8 Å². The van der Waals surface area contributed by atoms with Crippen LogP contribution in [0.4, 0.5) is 8.78 Å². The van der Waals surface area contributed by atoms with E-state index in [0.29, 0.717) is 5.69 Å². The van der Waals surface area contributed by atoms with E-state index in [4.69, 9.17) is 5.11 Å². The zero-order chi connectivity index (χ0) is 15.5. The van der Waals surface area contributed by atoms with E-state index < -0.39 is 29.8 Å². The van der Waals surface area contributed by atoms with E-state index in [1.54, 1.807) is 0 Å². The van der Waals surface area contributed by atoms with Crippen LogP contribution in [0.1, 0.15) is 31.4 Å². The molecule has 6 nitrogen and oxygen atoms in total. The van der Waals surface area contributed by atoms with E-state index in [9.17, 15) is 18.4 Å². The number of nitrogens with one attached hydrogen (secondary N) is 2. The van der Waals surface area contributed by atoms with Crippen molar-refractivity contribution in [3.63, 3.8) is 0 Å². The lowest BCUT2D eigenvalue weighted by atomic mass is 9.86. The van der Waals surface area contributed by atoms with Crippen LogP contribution in [0, 0.1) is 5.92 Å². The molecule has 1 heterocycles. The zero-order valence-electron chi connectivity index (χ0n) is 11.3. The molecule has 0 saturated heterocycles. The van der Waals surface area contributed by atoms with Crippen LogP contribution in [0.15, 0.2) is 12.5 Å². The van der Waals surface area contributed by atoms with Gasteiger partial charge in [-0.15, -0.1) is 0 Å². The molecule has 1 aliphatic carbocycles. The van der Waals surface area contributed by atoms with Crippen LogP contribution in [0.2, 0.25) is 0 Å². The van der Waals surface area contributed by atoms with Crippen molar-refractivity contribution in [2.75, 3.05) is 0 Å². The first-order valence-corrected chi connectivity index (χ1v) is 6.75. The van der Waals surface area contributed by atoms with Gasteiger partial charge >= 0.3 is 5.97 Å². The molecule has 0 spiro atoms. The number of aliphatic carboxylic acids is 1. The van der Waals surface area contributed by atoms with E-state index in [2.05, 4.69) is 15.3 Å². The van der Waals surface area contributed by atoms with E-state index in [1.165, 1.54) is 12.5 Å². The highest BCUT2D eigenvalue weighted by atomic mass is 19.3. The first kappa shape index (κ1) is 15.4. The molecule has 1 atom stereocenters. The Hall–Kier alpha value is -1.99. The third kappa shape index (κ3) is 4.24. The highest BCUT2D eigenvalue weighted by Gasteiger charge is 2.38. The van der Waals surface area contributed by atoms with Crippen LogP contribution in [-0.2, 0) is 16.0 Å². The van der Waals surface area contributed by atoms with E-state index in [0.717, 1.165) is 0 Å². The Morgan fingerprint density at radius 2 is 2.14 bits per heavy atom. The summed E-state index contributed by atoms with van der Waals surface area (Å²) in [5.74, 6) is -4.90. The number of imidazole rings is 1. The quantitative estimate of drug-likeness (QED) is 0.765. The minimum absolute atomic E-state index is 0.0734. The molecule has 0 aromatic carbocycles. The predicted octanol–water partition coefficient (Wildman–Crippen LogP) is 1.35. The molecule has 1 aromatic heterocycles. The first-order valence-electron chi connectivity index (χ1n) is 6.75. The Labute approximate surface area is 120 Å². The average Bonchev–Trinajstić information content (AvgIpc) is 2.90. The Bertz CT molecular complexity index is 495. The molecule has 3 N–H and O–H groups in total. The minimum Gasteiger partial charge on any atom is -0.480 e. The summed E-state index contributed by atoms with van der Waals surface area (Å²) >= 11 is 0. The van der Waals surface area contributed by atoms with E-state index in [1.807, 2.05) is 0 Å². The van der Waals surface area contributed by atoms with Gasteiger partial charge in [-0.3, -0.25) is 4.79 Å². The van der Waals surface area contributed by atoms with E-state index >= 15 is 0 Å². The molecule has 116 valence electrons. The second-order valence-electron chi connectivity index (χ2n) is 5.31. The number of amides is 1. The maximum absolute atomic E-state index is 13.0. The lowest BCUT2D eigenvalue weighted by Gasteiger charge is -2.28. The van der Waals surface area contributed by atoms with Crippen LogP contribution in [0.5, 0.6) is 0 Å². The fraction of sp³-hybridized carbons (Fsp3) is 0.615. The molecular weight excluding hydrogens is 284 g/mol. The number of carbonyl (C=O) groups is 2. The summed E-state index contributed by atoms with van der Waals surface area (Å²) in [6.45, 7) is 0. The van der Waals surface area contributed by atoms with Crippen molar-refractivity contribution in [1.82, 2.24) is 15.3 Å². The van der Waals surface area contributed by atoms with Gasteiger partial charge in [0.15, 0.2) is 0 Å². The molecule has 0 bridgehead atoms. The molecule has 2 rings (SSSR count). The molecule has 1 fully saturated rings. The number of aromatic amines is 1.